The maximum Gasteiger partial charge on any atom is 0.242 e. The third-order valence-corrected chi connectivity index (χ3v) is 5.45. The number of nitrogens with zero attached hydrogens (tertiary/aromatic N) is 2. The first-order valence-corrected chi connectivity index (χ1v) is 8.27. The number of hydrogen-bond donors (Lipinski definition) is 1. The van der Waals surface area contributed by atoms with E-state index in [2.05, 4.69) is 39.4 Å². The van der Waals surface area contributed by atoms with Gasteiger partial charge in [0.15, 0.2) is 0 Å². The maximum absolute atomic E-state index is 12.7. The number of hydrogen-bond acceptors (Lipinski definition) is 3. The van der Waals surface area contributed by atoms with Crippen LogP contribution < -0.4 is 10.2 Å². The van der Waals surface area contributed by atoms with E-state index in [4.69, 9.17) is 0 Å². The van der Waals surface area contributed by atoms with E-state index in [-0.39, 0.29) is 17.8 Å². The molecule has 2 aliphatic heterocycles. The van der Waals surface area contributed by atoms with E-state index < -0.39 is 6.43 Å². The molecule has 1 saturated carbocycles. The van der Waals surface area contributed by atoms with Crippen LogP contribution in [0.5, 0.6) is 0 Å². The summed E-state index contributed by atoms with van der Waals surface area (Å²) >= 11 is 0. The summed E-state index contributed by atoms with van der Waals surface area (Å²) in [6, 6.07) is 8.76. The highest BCUT2D eigenvalue weighted by Gasteiger charge is 2.59. The average Bonchev–Trinajstić information content (AvgIpc) is 3.06. The van der Waals surface area contributed by atoms with Crippen LogP contribution in [0, 0.1) is 17.8 Å². The fourth-order valence-electron chi connectivity index (χ4n) is 4.16. The normalized spacial score (nSPS) is 31.6. The Morgan fingerprint density at radius 2 is 1.68 bits per heavy atom. The first-order chi connectivity index (χ1) is 10.7. The molecule has 5 heteroatoms. The van der Waals surface area contributed by atoms with Gasteiger partial charge >= 0.3 is 0 Å². The Morgan fingerprint density at radius 1 is 1.05 bits per heavy atom. The van der Waals surface area contributed by atoms with E-state index in [9.17, 15) is 8.78 Å². The van der Waals surface area contributed by atoms with Crippen molar-refractivity contribution in [3.05, 3.63) is 29.8 Å². The Labute approximate surface area is 130 Å². The average molecular weight is 307 g/mol. The summed E-state index contributed by atoms with van der Waals surface area (Å²) in [5, 5.41) is 3.36. The number of halogens is 2. The molecule has 3 aliphatic rings. The molecule has 1 unspecified atom stereocenters. The van der Waals surface area contributed by atoms with Gasteiger partial charge < -0.3 is 10.2 Å². The summed E-state index contributed by atoms with van der Waals surface area (Å²) in [5.41, 5.74) is 2.57. The number of rotatable bonds is 4. The first kappa shape index (κ1) is 14.4. The quantitative estimate of drug-likeness (QED) is 0.918. The highest BCUT2D eigenvalue weighted by Crippen LogP contribution is 2.54. The summed E-state index contributed by atoms with van der Waals surface area (Å²) in [7, 11) is 0. The molecule has 1 aromatic carbocycles. The van der Waals surface area contributed by atoms with E-state index in [1.54, 1.807) is 0 Å². The number of piperazine rings is 1. The van der Waals surface area contributed by atoms with Crippen LogP contribution in [0.2, 0.25) is 0 Å². The number of nitrogens with one attached hydrogen (secondary N) is 1. The largest absolute Gasteiger partial charge is 0.369 e. The van der Waals surface area contributed by atoms with Crippen molar-refractivity contribution in [1.29, 1.82) is 0 Å². The third-order valence-electron chi connectivity index (χ3n) is 5.45. The van der Waals surface area contributed by atoms with Gasteiger partial charge in [-0.1, -0.05) is 12.1 Å². The SMILES string of the molecule is FC(F)C1[C@H]2CN(Cc3ccc(N4CCNCC4)cc3)C[C@@H]12. The molecule has 0 spiro atoms. The fraction of sp³-hybridized carbons (Fsp3) is 0.647. The number of piperidine rings is 1. The molecule has 0 bridgehead atoms. The lowest BCUT2D eigenvalue weighted by Crippen LogP contribution is -2.43. The predicted octanol–water partition coefficient (Wildman–Crippen LogP) is 2.04. The van der Waals surface area contributed by atoms with Crippen LogP contribution in [0.4, 0.5) is 14.5 Å². The monoisotopic (exact) mass is 307 g/mol. The van der Waals surface area contributed by atoms with Gasteiger partial charge in [-0.25, -0.2) is 8.78 Å². The van der Waals surface area contributed by atoms with Crippen LogP contribution in [-0.2, 0) is 6.54 Å². The van der Waals surface area contributed by atoms with Gasteiger partial charge in [0.05, 0.1) is 0 Å². The van der Waals surface area contributed by atoms with E-state index in [0.717, 1.165) is 45.8 Å². The molecule has 0 aromatic heterocycles. The van der Waals surface area contributed by atoms with Crippen molar-refractivity contribution < 1.29 is 8.78 Å². The number of alkyl halides is 2. The summed E-state index contributed by atoms with van der Waals surface area (Å²) in [6.07, 6.45) is -2.12. The number of benzene rings is 1. The van der Waals surface area contributed by atoms with Gasteiger partial charge in [-0.15, -0.1) is 0 Å². The van der Waals surface area contributed by atoms with Gasteiger partial charge in [0.2, 0.25) is 6.43 Å². The van der Waals surface area contributed by atoms with Crippen LogP contribution >= 0.6 is 0 Å². The fourth-order valence-corrected chi connectivity index (χ4v) is 4.16. The van der Waals surface area contributed by atoms with E-state index >= 15 is 0 Å². The molecule has 1 aromatic rings. The van der Waals surface area contributed by atoms with Gasteiger partial charge in [0.25, 0.3) is 0 Å². The standard InChI is InChI=1S/C17H23F2N3/c18-17(19)16-14-10-21(11-15(14)16)9-12-1-3-13(4-2-12)22-7-5-20-6-8-22/h1-4,14-17,20H,5-11H2/t14-,15+,16?. The number of likely N-dealkylation sites (tertiary alicyclic amines) is 1. The molecule has 1 N–H and O–H groups in total. The topological polar surface area (TPSA) is 18.5 Å². The van der Waals surface area contributed by atoms with Crippen molar-refractivity contribution in [2.75, 3.05) is 44.2 Å². The van der Waals surface area contributed by atoms with E-state index in [1.807, 2.05) is 0 Å². The second kappa shape index (κ2) is 5.78. The minimum absolute atomic E-state index is 0.250. The van der Waals surface area contributed by atoms with Crippen molar-refractivity contribution in [3.8, 4) is 0 Å². The smallest absolute Gasteiger partial charge is 0.242 e. The molecule has 120 valence electrons. The minimum atomic E-state index is -2.12. The van der Waals surface area contributed by atoms with E-state index in [0.29, 0.717) is 0 Å². The van der Waals surface area contributed by atoms with Gasteiger partial charge in [0.1, 0.15) is 0 Å². The minimum Gasteiger partial charge on any atom is -0.369 e. The summed E-state index contributed by atoms with van der Waals surface area (Å²) in [6.45, 7) is 6.80. The molecule has 1 aliphatic carbocycles. The Hall–Kier alpha value is -1.20. The Kier molecular flexibility index (Phi) is 3.78. The van der Waals surface area contributed by atoms with Gasteiger partial charge in [-0.2, -0.15) is 0 Å². The molecule has 2 saturated heterocycles. The Morgan fingerprint density at radius 3 is 2.27 bits per heavy atom. The van der Waals surface area contributed by atoms with Crippen LogP contribution in [0.15, 0.2) is 24.3 Å². The van der Waals surface area contributed by atoms with Crippen LogP contribution in [-0.4, -0.2) is 50.6 Å². The van der Waals surface area contributed by atoms with Crippen LogP contribution in [0.3, 0.4) is 0 Å². The second-order valence-electron chi connectivity index (χ2n) is 6.84. The summed E-state index contributed by atoms with van der Waals surface area (Å²) in [5.74, 6) is 0.187. The van der Waals surface area contributed by atoms with Gasteiger partial charge in [-0.3, -0.25) is 4.90 Å². The molecular weight excluding hydrogens is 284 g/mol. The third kappa shape index (κ3) is 2.72. The zero-order chi connectivity index (χ0) is 15.1. The van der Waals surface area contributed by atoms with Crippen molar-refractivity contribution in [2.24, 2.45) is 17.8 Å². The van der Waals surface area contributed by atoms with Crippen molar-refractivity contribution in [1.82, 2.24) is 10.2 Å². The Bertz CT molecular complexity index is 501. The summed E-state index contributed by atoms with van der Waals surface area (Å²) < 4.78 is 25.4. The van der Waals surface area contributed by atoms with Crippen molar-refractivity contribution in [2.45, 2.75) is 13.0 Å². The molecule has 0 radical (unpaired) electrons. The van der Waals surface area contributed by atoms with Crippen LogP contribution in [0.25, 0.3) is 0 Å². The molecule has 4 rings (SSSR count). The lowest BCUT2D eigenvalue weighted by atomic mass is 10.1. The molecule has 3 fully saturated rings. The highest BCUT2D eigenvalue weighted by molar-refractivity contribution is 5.48. The zero-order valence-corrected chi connectivity index (χ0v) is 12.7. The molecular formula is C17H23F2N3. The van der Waals surface area contributed by atoms with Gasteiger partial charge in [-0.05, 0) is 29.5 Å². The van der Waals surface area contributed by atoms with Crippen molar-refractivity contribution in [3.63, 3.8) is 0 Å². The molecule has 22 heavy (non-hydrogen) atoms. The summed E-state index contributed by atoms with van der Waals surface area (Å²) in [4.78, 5) is 4.73. The maximum atomic E-state index is 12.7. The number of fused-ring (bicyclic) bond motifs is 1. The number of anilines is 1. The molecule has 2 heterocycles. The zero-order valence-electron chi connectivity index (χ0n) is 12.7. The van der Waals surface area contributed by atoms with Gasteiger partial charge in [0, 0.05) is 57.4 Å². The Balaban J connectivity index is 1.31. The molecule has 0 amide bonds. The van der Waals surface area contributed by atoms with Crippen molar-refractivity contribution >= 4 is 5.69 Å². The first-order valence-electron chi connectivity index (χ1n) is 8.27. The van der Waals surface area contributed by atoms with E-state index in [1.165, 1.54) is 11.3 Å². The predicted molar refractivity (Wildman–Crippen MR) is 83.3 cm³/mol. The highest BCUT2D eigenvalue weighted by atomic mass is 19.3. The second-order valence-corrected chi connectivity index (χ2v) is 6.84. The molecule has 3 atom stereocenters. The lowest BCUT2D eigenvalue weighted by Gasteiger charge is -2.29. The van der Waals surface area contributed by atoms with Crippen LogP contribution in [0.1, 0.15) is 5.56 Å². The molecule has 3 nitrogen and oxygen atoms in total. The lowest BCUT2D eigenvalue weighted by molar-refractivity contribution is 0.0955.